The summed E-state index contributed by atoms with van der Waals surface area (Å²) in [6, 6.07) is 1.62. The number of pyridine rings is 1. The van der Waals surface area contributed by atoms with Crippen LogP contribution in [0.2, 0.25) is 0 Å². The van der Waals surface area contributed by atoms with Gasteiger partial charge in [-0.2, -0.15) is 0 Å². The van der Waals surface area contributed by atoms with Gasteiger partial charge in [0.05, 0.1) is 13.2 Å². The van der Waals surface area contributed by atoms with Gasteiger partial charge in [-0.15, -0.1) is 0 Å². The van der Waals surface area contributed by atoms with E-state index in [1.807, 2.05) is 13.0 Å². The Balaban J connectivity index is 2.49. The third kappa shape index (κ3) is 2.29. The molecule has 6 heteroatoms. The average Bonchev–Trinajstić information content (AvgIpc) is 2.42. The van der Waals surface area contributed by atoms with E-state index in [-0.39, 0.29) is 6.04 Å². The van der Waals surface area contributed by atoms with Gasteiger partial charge in [0.1, 0.15) is 5.69 Å². The SMILES string of the molecule is COc1nccnc1C(NN)c1ccncc1C. The molecule has 0 saturated carbocycles. The Labute approximate surface area is 105 Å². The Hall–Kier alpha value is -2.05. The number of aromatic nitrogens is 3. The first-order valence-corrected chi connectivity index (χ1v) is 5.49. The number of aryl methyl sites for hydroxylation is 1. The molecule has 0 spiro atoms. The van der Waals surface area contributed by atoms with Gasteiger partial charge in [0.2, 0.25) is 5.88 Å². The summed E-state index contributed by atoms with van der Waals surface area (Å²) in [7, 11) is 1.56. The number of hydrazine groups is 1. The minimum Gasteiger partial charge on any atom is -0.480 e. The number of hydrogen-bond donors (Lipinski definition) is 2. The lowest BCUT2D eigenvalue weighted by molar-refractivity contribution is 0.383. The normalized spacial score (nSPS) is 12.2. The highest BCUT2D eigenvalue weighted by Gasteiger charge is 2.20. The summed E-state index contributed by atoms with van der Waals surface area (Å²) in [4.78, 5) is 12.5. The Morgan fingerprint density at radius 1 is 1.28 bits per heavy atom. The maximum atomic E-state index is 5.64. The molecule has 18 heavy (non-hydrogen) atoms. The first-order chi connectivity index (χ1) is 8.77. The minimum absolute atomic E-state index is 0.281. The van der Waals surface area contributed by atoms with E-state index in [9.17, 15) is 0 Å². The van der Waals surface area contributed by atoms with E-state index in [1.165, 1.54) is 0 Å². The Morgan fingerprint density at radius 3 is 2.72 bits per heavy atom. The highest BCUT2D eigenvalue weighted by atomic mass is 16.5. The van der Waals surface area contributed by atoms with Gasteiger partial charge >= 0.3 is 0 Å². The lowest BCUT2D eigenvalue weighted by Crippen LogP contribution is -2.30. The summed E-state index contributed by atoms with van der Waals surface area (Å²) in [5, 5.41) is 0. The molecule has 94 valence electrons. The zero-order chi connectivity index (χ0) is 13.0. The van der Waals surface area contributed by atoms with Crippen LogP contribution in [0.15, 0.2) is 30.9 Å². The summed E-state index contributed by atoms with van der Waals surface area (Å²) in [6.07, 6.45) is 6.69. The van der Waals surface area contributed by atoms with Crippen molar-refractivity contribution >= 4 is 0 Å². The van der Waals surface area contributed by atoms with Crippen molar-refractivity contribution < 1.29 is 4.74 Å². The molecule has 2 rings (SSSR count). The van der Waals surface area contributed by atoms with E-state index in [0.29, 0.717) is 11.6 Å². The zero-order valence-corrected chi connectivity index (χ0v) is 10.3. The molecule has 1 atom stereocenters. The Kier molecular flexibility index (Phi) is 3.81. The second-order valence-corrected chi connectivity index (χ2v) is 3.78. The molecular weight excluding hydrogens is 230 g/mol. The lowest BCUT2D eigenvalue weighted by Gasteiger charge is -2.18. The molecule has 0 amide bonds. The topological polar surface area (TPSA) is 86.0 Å². The van der Waals surface area contributed by atoms with Gasteiger partial charge in [-0.1, -0.05) is 0 Å². The summed E-state index contributed by atoms with van der Waals surface area (Å²) in [5.41, 5.74) is 5.40. The quantitative estimate of drug-likeness (QED) is 0.610. The number of nitrogens with zero attached hydrogens (tertiary/aromatic N) is 3. The molecule has 0 bridgehead atoms. The van der Waals surface area contributed by atoms with Gasteiger partial charge in [-0.25, -0.2) is 10.4 Å². The molecule has 3 N–H and O–H groups in total. The Morgan fingerprint density at radius 2 is 2.06 bits per heavy atom. The van der Waals surface area contributed by atoms with Crippen molar-refractivity contribution in [2.24, 2.45) is 5.84 Å². The van der Waals surface area contributed by atoms with Gasteiger partial charge in [0, 0.05) is 24.8 Å². The van der Waals surface area contributed by atoms with Crippen molar-refractivity contribution in [3.63, 3.8) is 0 Å². The van der Waals surface area contributed by atoms with Crippen LogP contribution in [0, 0.1) is 6.92 Å². The molecule has 2 heterocycles. The summed E-state index contributed by atoms with van der Waals surface area (Å²) >= 11 is 0. The van der Waals surface area contributed by atoms with Crippen molar-refractivity contribution in [2.75, 3.05) is 7.11 Å². The first kappa shape index (κ1) is 12.4. The fourth-order valence-corrected chi connectivity index (χ4v) is 1.82. The van der Waals surface area contributed by atoms with E-state index in [4.69, 9.17) is 10.6 Å². The summed E-state index contributed by atoms with van der Waals surface area (Å²) in [6.45, 7) is 1.97. The summed E-state index contributed by atoms with van der Waals surface area (Å²) < 4.78 is 5.20. The molecule has 0 aliphatic heterocycles. The lowest BCUT2D eigenvalue weighted by atomic mass is 10.0. The van der Waals surface area contributed by atoms with Crippen LogP contribution < -0.4 is 16.0 Å². The highest BCUT2D eigenvalue weighted by Crippen LogP contribution is 2.26. The van der Waals surface area contributed by atoms with Gasteiger partial charge in [-0.05, 0) is 24.1 Å². The molecule has 0 aliphatic rings. The second kappa shape index (κ2) is 5.52. The maximum absolute atomic E-state index is 5.64. The van der Waals surface area contributed by atoms with E-state index < -0.39 is 0 Å². The predicted molar refractivity (Wildman–Crippen MR) is 66.7 cm³/mol. The maximum Gasteiger partial charge on any atom is 0.237 e. The zero-order valence-electron chi connectivity index (χ0n) is 10.3. The monoisotopic (exact) mass is 245 g/mol. The number of hydrogen-bond acceptors (Lipinski definition) is 6. The van der Waals surface area contributed by atoms with Crippen LogP contribution in [0.4, 0.5) is 0 Å². The molecule has 2 aromatic heterocycles. The molecule has 0 aliphatic carbocycles. The van der Waals surface area contributed by atoms with Crippen molar-refractivity contribution in [3.8, 4) is 5.88 Å². The van der Waals surface area contributed by atoms with Gasteiger partial charge in [-0.3, -0.25) is 15.8 Å². The van der Waals surface area contributed by atoms with Crippen LogP contribution in [0.1, 0.15) is 22.9 Å². The average molecular weight is 245 g/mol. The van der Waals surface area contributed by atoms with Crippen LogP contribution in [-0.2, 0) is 0 Å². The second-order valence-electron chi connectivity index (χ2n) is 3.78. The molecule has 2 aromatic rings. The fourth-order valence-electron chi connectivity index (χ4n) is 1.82. The highest BCUT2D eigenvalue weighted by molar-refractivity contribution is 5.35. The van der Waals surface area contributed by atoms with Crippen LogP contribution in [0.25, 0.3) is 0 Å². The number of rotatable bonds is 4. The van der Waals surface area contributed by atoms with Gasteiger partial charge < -0.3 is 4.74 Å². The molecule has 0 aromatic carbocycles. The van der Waals surface area contributed by atoms with Crippen molar-refractivity contribution in [3.05, 3.63) is 47.7 Å². The smallest absolute Gasteiger partial charge is 0.237 e. The van der Waals surface area contributed by atoms with E-state index in [1.54, 1.807) is 31.9 Å². The van der Waals surface area contributed by atoms with Crippen molar-refractivity contribution in [2.45, 2.75) is 13.0 Å². The van der Waals surface area contributed by atoms with Gasteiger partial charge in [0.15, 0.2) is 0 Å². The number of nitrogens with one attached hydrogen (secondary N) is 1. The molecule has 0 saturated heterocycles. The summed E-state index contributed by atoms with van der Waals surface area (Å²) in [5.74, 6) is 6.09. The number of ether oxygens (including phenoxy) is 1. The van der Waals surface area contributed by atoms with E-state index in [0.717, 1.165) is 11.1 Å². The van der Waals surface area contributed by atoms with Crippen LogP contribution in [-0.4, -0.2) is 22.1 Å². The molecule has 1 unspecified atom stereocenters. The van der Waals surface area contributed by atoms with E-state index >= 15 is 0 Å². The predicted octanol–water partition coefficient (Wildman–Crippen LogP) is 0.741. The first-order valence-electron chi connectivity index (χ1n) is 5.49. The molecule has 6 nitrogen and oxygen atoms in total. The molecule has 0 radical (unpaired) electrons. The standard InChI is InChI=1S/C12H15N5O/c1-8-7-14-4-3-9(8)10(17-13)11-12(18-2)16-6-5-15-11/h3-7,10,17H,13H2,1-2H3. The van der Waals surface area contributed by atoms with Crippen molar-refractivity contribution in [1.29, 1.82) is 0 Å². The number of nitrogens with two attached hydrogens (primary N) is 1. The van der Waals surface area contributed by atoms with Crippen LogP contribution in [0.3, 0.4) is 0 Å². The third-order valence-corrected chi connectivity index (χ3v) is 2.70. The van der Waals surface area contributed by atoms with E-state index in [2.05, 4.69) is 20.4 Å². The molecule has 0 fully saturated rings. The van der Waals surface area contributed by atoms with Crippen LogP contribution >= 0.6 is 0 Å². The largest absolute Gasteiger partial charge is 0.480 e. The molecular formula is C12H15N5O. The number of methoxy groups -OCH3 is 1. The van der Waals surface area contributed by atoms with Gasteiger partial charge in [0.25, 0.3) is 0 Å². The fraction of sp³-hybridized carbons (Fsp3) is 0.250. The Bertz CT molecular complexity index is 531. The van der Waals surface area contributed by atoms with Crippen LogP contribution in [0.5, 0.6) is 5.88 Å². The van der Waals surface area contributed by atoms with Crippen molar-refractivity contribution in [1.82, 2.24) is 20.4 Å². The third-order valence-electron chi connectivity index (χ3n) is 2.70. The minimum atomic E-state index is -0.281.